The first-order valence-electron chi connectivity index (χ1n) is 20.8. The van der Waals surface area contributed by atoms with Gasteiger partial charge in [-0.3, -0.25) is 9.59 Å². The van der Waals surface area contributed by atoms with Gasteiger partial charge >= 0.3 is 11.9 Å². The number of esters is 2. The number of carbonyl (C=O) groups is 4. The van der Waals surface area contributed by atoms with Crippen LogP contribution in [0.2, 0.25) is 0 Å². The molecular weight excluding hydrogens is 828 g/mol. The number of carbonyl (C=O) groups excluding carboxylic acids is 4. The quantitative estimate of drug-likeness (QED) is 0.0837. The summed E-state index contributed by atoms with van der Waals surface area (Å²) in [4.78, 5) is 54.3. The maximum Gasteiger partial charge on any atom is 0.338 e. The molecule has 62 heavy (non-hydrogen) atoms. The predicted molar refractivity (Wildman–Crippen MR) is 211 cm³/mol. The molecule has 0 saturated carbocycles. The van der Waals surface area contributed by atoms with Crippen molar-refractivity contribution in [2.75, 3.05) is 52.6 Å². The summed E-state index contributed by atoms with van der Waals surface area (Å²) < 4.78 is 56.7. The van der Waals surface area contributed by atoms with Crippen LogP contribution in [0.5, 0.6) is 0 Å². The lowest BCUT2D eigenvalue weighted by Crippen LogP contribution is -2.55. The van der Waals surface area contributed by atoms with Crippen molar-refractivity contribution in [2.24, 2.45) is 0 Å². The topological polar surface area (TPSA) is 288 Å². The van der Waals surface area contributed by atoms with Crippen molar-refractivity contribution < 1.29 is 97.2 Å². The van der Waals surface area contributed by atoms with Crippen molar-refractivity contribution in [3.63, 3.8) is 0 Å². The molecule has 0 aromatic carbocycles. The molecule has 0 aromatic heterocycles. The predicted octanol–water partition coefficient (Wildman–Crippen LogP) is -1.70. The van der Waals surface area contributed by atoms with E-state index in [-0.39, 0.29) is 52.6 Å². The van der Waals surface area contributed by atoms with Crippen molar-refractivity contribution in [3.05, 3.63) is 0 Å². The second-order valence-electron chi connectivity index (χ2n) is 17.7. The van der Waals surface area contributed by atoms with E-state index < -0.39 is 120 Å². The summed E-state index contributed by atoms with van der Waals surface area (Å²) in [6.45, 7) is 17.9. The molecule has 0 bridgehead atoms. The molecule has 4 aliphatic heterocycles. The van der Waals surface area contributed by atoms with Gasteiger partial charge in [0, 0.05) is 26.2 Å². The maximum absolute atomic E-state index is 13.6. The molecule has 2 amide bonds. The lowest BCUT2D eigenvalue weighted by molar-refractivity contribution is -0.177. The molecule has 0 spiro atoms. The van der Waals surface area contributed by atoms with E-state index in [1.807, 2.05) is 0 Å². The molecule has 0 aromatic rings. The first-order chi connectivity index (χ1) is 28.5. The van der Waals surface area contributed by atoms with Crippen molar-refractivity contribution in [1.82, 2.24) is 9.80 Å². The molecule has 4 unspecified atom stereocenters. The van der Waals surface area contributed by atoms with E-state index in [4.69, 9.17) is 57.6 Å². The molecule has 360 valence electrons. The van der Waals surface area contributed by atoms with Crippen molar-refractivity contribution >= 4 is 23.8 Å². The molecular formula is C40H70N2O20. The first kappa shape index (κ1) is 53.7. The first-order valence-corrected chi connectivity index (χ1v) is 20.8. The maximum atomic E-state index is 13.6. The molecule has 4 fully saturated rings. The fraction of sp³-hybridized carbons (Fsp3) is 0.900. The Bertz CT molecular complexity index is 1360. The second kappa shape index (κ2) is 22.0. The smallest absolute Gasteiger partial charge is 0.338 e. The van der Waals surface area contributed by atoms with Gasteiger partial charge < -0.3 is 87.8 Å². The molecule has 22 heteroatoms. The Morgan fingerprint density at radius 1 is 0.452 bits per heavy atom. The van der Waals surface area contributed by atoms with Gasteiger partial charge in [-0.2, -0.15) is 0 Å². The Hall–Kier alpha value is -2.68. The van der Waals surface area contributed by atoms with E-state index in [9.17, 15) is 39.6 Å². The number of ether oxygens (including phenoxy) is 10. The minimum absolute atomic E-state index is 0.0385. The van der Waals surface area contributed by atoms with Crippen LogP contribution in [0.1, 0.15) is 83.1 Å². The summed E-state index contributed by atoms with van der Waals surface area (Å²) in [5, 5.41) is 57.3. The highest BCUT2D eigenvalue weighted by Gasteiger charge is 2.60. The van der Waals surface area contributed by atoms with Crippen LogP contribution in [0.25, 0.3) is 0 Å². The fourth-order valence-corrected chi connectivity index (χ4v) is 7.47. The van der Waals surface area contributed by atoms with Gasteiger partial charge in [0.15, 0.2) is 47.6 Å². The zero-order chi connectivity index (χ0) is 47.1. The van der Waals surface area contributed by atoms with Crippen LogP contribution in [0.3, 0.4) is 0 Å². The summed E-state index contributed by atoms with van der Waals surface area (Å²) >= 11 is 0. The SMILES string of the molecule is CC(O)CN(CC(C)O)C(=O)[C@H]1OC(C)(C)O[C@@H]1[C@@H]1OC(C)(C)O[C@H]1C(=O)N(CC(C)O)CC(C)O.CC1(C)O[C@H]([C@@H]2OC(C)(C)O[C@H]2C(=O)OCCO)[C@@H](C(=O)OCCO)O1. The largest absolute Gasteiger partial charge is 0.461 e. The van der Waals surface area contributed by atoms with E-state index in [1.54, 1.807) is 55.4 Å². The highest BCUT2D eigenvalue weighted by Crippen LogP contribution is 2.41. The van der Waals surface area contributed by atoms with Gasteiger partial charge in [0.2, 0.25) is 0 Å². The highest BCUT2D eigenvalue weighted by atomic mass is 16.8. The third-order valence-electron chi connectivity index (χ3n) is 9.35. The van der Waals surface area contributed by atoms with Crippen LogP contribution in [0.4, 0.5) is 0 Å². The molecule has 12 atom stereocenters. The minimum atomic E-state index is -1.21. The van der Waals surface area contributed by atoms with Gasteiger partial charge in [0.1, 0.15) is 37.6 Å². The van der Waals surface area contributed by atoms with Crippen LogP contribution in [0, 0.1) is 0 Å². The van der Waals surface area contributed by atoms with Gasteiger partial charge in [-0.05, 0) is 83.1 Å². The number of rotatable bonds is 18. The van der Waals surface area contributed by atoms with Crippen molar-refractivity contribution in [2.45, 2.75) is 179 Å². The fourth-order valence-electron chi connectivity index (χ4n) is 7.47. The number of amides is 2. The van der Waals surface area contributed by atoms with E-state index >= 15 is 0 Å². The third kappa shape index (κ3) is 15.2. The average Bonchev–Trinajstić information content (AvgIpc) is 3.85. The van der Waals surface area contributed by atoms with E-state index in [0.717, 1.165) is 0 Å². The monoisotopic (exact) mass is 898 g/mol. The standard InChI is InChI=1S/C24H44N2O10.C16H26O10/c1-13(27)9-25(10-14(2)28)21(31)19-17(33-23(5,6)35-19)18-20(36-24(7,8)34-18)22(32)26(11-15(3)29)12-16(4)30;1-15(2)23-9(11(25-15)13(19)21-7-5-17)10-12(14(20)22-8-6-18)26-16(3,4)24-10/h13-20,27-30H,9-12H2,1-8H3;9-12,17-18H,5-8H2,1-4H3/t13?,14?,15?,16?,17-,18+,19+,20-;9-,10+,11+,12-. The molecule has 22 nitrogen and oxygen atoms in total. The average molecular weight is 899 g/mol. The third-order valence-corrected chi connectivity index (χ3v) is 9.35. The highest BCUT2D eigenvalue weighted by molar-refractivity contribution is 5.84. The Morgan fingerprint density at radius 3 is 0.903 bits per heavy atom. The number of aliphatic hydroxyl groups is 6. The van der Waals surface area contributed by atoms with Crippen molar-refractivity contribution in [3.8, 4) is 0 Å². The van der Waals surface area contributed by atoms with Crippen LogP contribution in [-0.4, -0.2) is 213 Å². The molecule has 4 heterocycles. The van der Waals surface area contributed by atoms with Gasteiger partial charge in [0.25, 0.3) is 11.8 Å². The zero-order valence-corrected chi connectivity index (χ0v) is 37.9. The summed E-state index contributed by atoms with van der Waals surface area (Å²) in [6, 6.07) is 0. The minimum Gasteiger partial charge on any atom is -0.461 e. The number of nitrogens with zero attached hydrogens (tertiary/aromatic N) is 2. The molecule has 0 radical (unpaired) electrons. The molecule has 4 aliphatic rings. The zero-order valence-electron chi connectivity index (χ0n) is 37.9. The number of aliphatic hydroxyl groups excluding tert-OH is 6. The molecule has 4 rings (SSSR count). The molecule has 6 N–H and O–H groups in total. The van der Waals surface area contributed by atoms with E-state index in [1.165, 1.54) is 37.5 Å². The van der Waals surface area contributed by atoms with E-state index in [0.29, 0.717) is 0 Å². The number of hydrogen-bond donors (Lipinski definition) is 6. The Kier molecular flexibility index (Phi) is 19.0. The summed E-state index contributed by atoms with van der Waals surface area (Å²) in [7, 11) is 0. The van der Waals surface area contributed by atoms with Crippen LogP contribution >= 0.6 is 0 Å². The summed E-state index contributed by atoms with van der Waals surface area (Å²) in [6.07, 6.45) is -12.3. The van der Waals surface area contributed by atoms with Crippen LogP contribution in [0.15, 0.2) is 0 Å². The van der Waals surface area contributed by atoms with Gasteiger partial charge in [-0.15, -0.1) is 0 Å². The normalized spacial score (nSPS) is 31.3. The molecule has 0 aliphatic carbocycles. The van der Waals surface area contributed by atoms with Crippen molar-refractivity contribution in [1.29, 1.82) is 0 Å². The Labute approximate surface area is 362 Å². The Morgan fingerprint density at radius 2 is 0.677 bits per heavy atom. The van der Waals surface area contributed by atoms with Crippen LogP contribution in [-0.2, 0) is 66.5 Å². The second-order valence-corrected chi connectivity index (χ2v) is 17.7. The lowest BCUT2D eigenvalue weighted by Gasteiger charge is -2.32. The summed E-state index contributed by atoms with van der Waals surface area (Å²) in [5.41, 5.74) is 0. The van der Waals surface area contributed by atoms with Gasteiger partial charge in [-0.1, -0.05) is 0 Å². The molecule has 4 saturated heterocycles. The van der Waals surface area contributed by atoms with E-state index in [2.05, 4.69) is 0 Å². The summed E-state index contributed by atoms with van der Waals surface area (Å²) in [5.74, 6) is -7.19. The van der Waals surface area contributed by atoms with Gasteiger partial charge in [0.05, 0.1) is 37.6 Å². The van der Waals surface area contributed by atoms with Gasteiger partial charge in [-0.25, -0.2) is 9.59 Å². The number of hydrogen-bond acceptors (Lipinski definition) is 20. The lowest BCUT2D eigenvalue weighted by atomic mass is 10.0. The van der Waals surface area contributed by atoms with Crippen LogP contribution < -0.4 is 0 Å². The Balaban J connectivity index is 0.000000348.